The molecule has 17 heavy (non-hydrogen) atoms. The molecule has 0 aliphatic carbocycles. The van der Waals surface area contributed by atoms with Crippen molar-refractivity contribution in [1.29, 1.82) is 0 Å². The minimum atomic E-state index is -0.573. The third kappa shape index (κ3) is 1.82. The van der Waals surface area contributed by atoms with E-state index < -0.39 is 5.60 Å². The molecule has 1 spiro atoms. The third-order valence-corrected chi connectivity index (χ3v) is 3.34. The van der Waals surface area contributed by atoms with Crippen LogP contribution in [0.2, 0.25) is 0 Å². The summed E-state index contributed by atoms with van der Waals surface area (Å²) in [5, 5.41) is 0. The Morgan fingerprint density at radius 1 is 1.35 bits per heavy atom. The Kier molecular flexibility index (Phi) is 2.40. The van der Waals surface area contributed by atoms with Crippen LogP contribution >= 0.6 is 0 Å². The zero-order chi connectivity index (χ0) is 11.9. The summed E-state index contributed by atoms with van der Waals surface area (Å²) in [4.78, 5) is 12.0. The molecule has 3 rings (SSSR count). The Hall–Kier alpha value is -1.42. The number of Topliss-reactive ketones (excluding diaryl/α,β-unsaturated/α-hetero) is 1. The molecule has 1 saturated heterocycles. The molecule has 2 aliphatic rings. The van der Waals surface area contributed by atoms with Crippen LogP contribution in [0.4, 0.5) is 4.39 Å². The second-order valence-electron chi connectivity index (χ2n) is 4.68. The molecule has 0 N–H and O–H groups in total. The van der Waals surface area contributed by atoms with Crippen molar-refractivity contribution in [1.82, 2.24) is 0 Å². The minimum Gasteiger partial charge on any atom is -0.484 e. The van der Waals surface area contributed by atoms with Crippen molar-refractivity contribution in [3.63, 3.8) is 0 Å². The predicted octanol–water partition coefficient (Wildman–Crippen LogP) is 2.34. The van der Waals surface area contributed by atoms with Gasteiger partial charge in [-0.1, -0.05) is 0 Å². The number of rotatable bonds is 0. The van der Waals surface area contributed by atoms with E-state index in [1.54, 1.807) is 0 Å². The number of carbonyl (C=O) groups excluding carboxylic acids is 1. The van der Waals surface area contributed by atoms with Gasteiger partial charge in [0.25, 0.3) is 0 Å². The van der Waals surface area contributed by atoms with Crippen molar-refractivity contribution in [3.05, 3.63) is 29.6 Å². The van der Waals surface area contributed by atoms with Crippen LogP contribution in [0.25, 0.3) is 0 Å². The first-order valence-corrected chi connectivity index (χ1v) is 5.78. The monoisotopic (exact) mass is 236 g/mol. The predicted molar refractivity (Wildman–Crippen MR) is 58.8 cm³/mol. The smallest absolute Gasteiger partial charge is 0.170 e. The molecule has 0 aromatic heterocycles. The van der Waals surface area contributed by atoms with Crippen molar-refractivity contribution in [2.75, 3.05) is 13.2 Å². The highest BCUT2D eigenvalue weighted by Crippen LogP contribution is 2.37. The fourth-order valence-corrected chi connectivity index (χ4v) is 2.51. The average molecular weight is 236 g/mol. The first-order chi connectivity index (χ1) is 8.19. The molecular formula is C13H13FO3. The largest absolute Gasteiger partial charge is 0.484 e. The van der Waals surface area contributed by atoms with E-state index in [0.29, 0.717) is 30.9 Å². The van der Waals surface area contributed by atoms with Gasteiger partial charge >= 0.3 is 0 Å². The van der Waals surface area contributed by atoms with E-state index in [9.17, 15) is 9.18 Å². The van der Waals surface area contributed by atoms with Crippen LogP contribution in [0.15, 0.2) is 18.2 Å². The highest BCUT2D eigenvalue weighted by molar-refractivity contribution is 6.00. The number of halogens is 1. The lowest BCUT2D eigenvalue weighted by Crippen LogP contribution is -2.48. The second-order valence-corrected chi connectivity index (χ2v) is 4.68. The molecule has 0 radical (unpaired) electrons. The van der Waals surface area contributed by atoms with Crippen LogP contribution in [0.3, 0.4) is 0 Å². The second kappa shape index (κ2) is 3.81. The topological polar surface area (TPSA) is 35.5 Å². The first kappa shape index (κ1) is 10.7. The summed E-state index contributed by atoms with van der Waals surface area (Å²) in [6, 6.07) is 4.06. The molecular weight excluding hydrogens is 223 g/mol. The van der Waals surface area contributed by atoms with E-state index >= 15 is 0 Å². The minimum absolute atomic E-state index is 0.0109. The molecule has 1 aromatic rings. The van der Waals surface area contributed by atoms with Crippen molar-refractivity contribution >= 4 is 5.78 Å². The molecule has 0 saturated carbocycles. The van der Waals surface area contributed by atoms with Gasteiger partial charge in [-0.15, -0.1) is 0 Å². The Morgan fingerprint density at radius 3 is 3.00 bits per heavy atom. The highest BCUT2D eigenvalue weighted by atomic mass is 19.1. The van der Waals surface area contributed by atoms with Gasteiger partial charge < -0.3 is 9.47 Å². The van der Waals surface area contributed by atoms with Crippen molar-refractivity contribution in [2.24, 2.45) is 0 Å². The highest BCUT2D eigenvalue weighted by Gasteiger charge is 2.42. The summed E-state index contributed by atoms with van der Waals surface area (Å²) >= 11 is 0. The van der Waals surface area contributed by atoms with Crippen LogP contribution in [-0.2, 0) is 4.74 Å². The molecule has 2 heterocycles. The van der Waals surface area contributed by atoms with E-state index in [0.717, 1.165) is 12.8 Å². The molecule has 3 nitrogen and oxygen atoms in total. The van der Waals surface area contributed by atoms with Crippen LogP contribution in [0.1, 0.15) is 29.6 Å². The maximum Gasteiger partial charge on any atom is 0.170 e. The molecule has 1 fully saturated rings. The van der Waals surface area contributed by atoms with E-state index in [2.05, 4.69) is 0 Å². The van der Waals surface area contributed by atoms with E-state index in [-0.39, 0.29) is 11.6 Å². The molecule has 0 amide bonds. The standard InChI is InChI=1S/C13H13FO3/c14-9-2-3-10-11(15)7-13(17-12(10)6-9)4-1-5-16-8-13/h2-3,6H,1,4-5,7-8H2. The van der Waals surface area contributed by atoms with Gasteiger partial charge in [-0.3, -0.25) is 4.79 Å². The molecule has 1 unspecified atom stereocenters. The van der Waals surface area contributed by atoms with E-state index in [1.165, 1.54) is 18.2 Å². The summed E-state index contributed by atoms with van der Waals surface area (Å²) in [5.41, 5.74) is -0.0987. The Labute approximate surface area is 98.5 Å². The summed E-state index contributed by atoms with van der Waals surface area (Å²) in [6.45, 7) is 1.12. The van der Waals surface area contributed by atoms with Gasteiger partial charge in [0.2, 0.25) is 0 Å². The fourth-order valence-electron chi connectivity index (χ4n) is 2.51. The summed E-state index contributed by atoms with van der Waals surface area (Å²) in [5.74, 6) is -0.0196. The first-order valence-electron chi connectivity index (χ1n) is 5.78. The lowest BCUT2D eigenvalue weighted by atomic mass is 9.86. The maximum absolute atomic E-state index is 13.2. The quantitative estimate of drug-likeness (QED) is 0.693. The number of hydrogen-bond acceptors (Lipinski definition) is 3. The van der Waals surface area contributed by atoms with Crippen molar-refractivity contribution < 1.29 is 18.7 Å². The SMILES string of the molecule is O=C1CC2(CCCOC2)Oc2cc(F)ccc21. The van der Waals surface area contributed by atoms with Gasteiger partial charge in [0.15, 0.2) is 5.78 Å². The van der Waals surface area contributed by atoms with Crippen LogP contribution in [0, 0.1) is 5.82 Å². The molecule has 0 bridgehead atoms. The third-order valence-electron chi connectivity index (χ3n) is 3.34. The van der Waals surface area contributed by atoms with Gasteiger partial charge in [0.1, 0.15) is 17.2 Å². The number of ketones is 1. The van der Waals surface area contributed by atoms with E-state index in [1.807, 2.05) is 0 Å². The lowest BCUT2D eigenvalue weighted by molar-refractivity contribution is -0.0716. The number of ether oxygens (including phenoxy) is 2. The number of carbonyl (C=O) groups is 1. The van der Waals surface area contributed by atoms with Gasteiger partial charge in [0.05, 0.1) is 18.6 Å². The molecule has 4 heteroatoms. The van der Waals surface area contributed by atoms with Gasteiger partial charge in [-0.05, 0) is 25.0 Å². The summed E-state index contributed by atoms with van der Waals surface area (Å²) in [6.07, 6.45) is 1.98. The Morgan fingerprint density at radius 2 is 2.24 bits per heavy atom. The zero-order valence-corrected chi connectivity index (χ0v) is 9.37. The Bertz CT molecular complexity index is 464. The normalized spacial score (nSPS) is 27.7. The van der Waals surface area contributed by atoms with Crippen molar-refractivity contribution in [2.45, 2.75) is 24.9 Å². The Balaban J connectivity index is 1.98. The van der Waals surface area contributed by atoms with Crippen molar-refractivity contribution in [3.8, 4) is 5.75 Å². The molecule has 90 valence electrons. The summed E-state index contributed by atoms with van der Waals surface area (Å²) < 4.78 is 24.4. The van der Waals surface area contributed by atoms with Crippen LogP contribution in [0.5, 0.6) is 5.75 Å². The van der Waals surface area contributed by atoms with Gasteiger partial charge in [-0.2, -0.15) is 0 Å². The molecule has 1 aromatic carbocycles. The molecule has 1 atom stereocenters. The molecule has 2 aliphatic heterocycles. The van der Waals surface area contributed by atoms with E-state index in [4.69, 9.17) is 9.47 Å². The lowest BCUT2D eigenvalue weighted by Gasteiger charge is -2.40. The number of benzene rings is 1. The number of fused-ring (bicyclic) bond motifs is 1. The summed E-state index contributed by atoms with van der Waals surface area (Å²) in [7, 11) is 0. The van der Waals surface area contributed by atoms with Gasteiger partial charge in [-0.25, -0.2) is 4.39 Å². The average Bonchev–Trinajstić information content (AvgIpc) is 2.29. The number of hydrogen-bond donors (Lipinski definition) is 0. The van der Waals surface area contributed by atoms with Gasteiger partial charge in [0, 0.05) is 12.7 Å². The maximum atomic E-state index is 13.2. The fraction of sp³-hybridized carbons (Fsp3) is 0.462. The van der Waals surface area contributed by atoms with Crippen LogP contribution < -0.4 is 4.74 Å². The zero-order valence-electron chi connectivity index (χ0n) is 9.37. The van der Waals surface area contributed by atoms with Crippen LogP contribution in [-0.4, -0.2) is 24.6 Å².